The fourth-order valence-corrected chi connectivity index (χ4v) is 6.66. The molecule has 0 saturated carbocycles. The van der Waals surface area contributed by atoms with Gasteiger partial charge in [-0.25, -0.2) is 0 Å². The van der Waals surface area contributed by atoms with Crippen LogP contribution in [0.4, 0.5) is 5.00 Å². The SMILES string of the molecule is C=CCn1c(SCC(=O)Nc2sc3c(c2C(=O)NCc2ccccc2)CCCC3)nnc1-c1ccccc1O. The first-order chi connectivity index (χ1) is 19.0. The Kier molecular flexibility index (Phi) is 8.43. The maximum absolute atomic E-state index is 13.3. The molecule has 0 fully saturated rings. The van der Waals surface area contributed by atoms with Crippen LogP contribution in [0.25, 0.3) is 11.4 Å². The highest BCUT2D eigenvalue weighted by Gasteiger charge is 2.26. The number of aromatic nitrogens is 3. The minimum absolute atomic E-state index is 0.0870. The molecule has 1 aliphatic carbocycles. The molecule has 0 aliphatic heterocycles. The number of aryl methyl sites for hydroxylation is 1. The van der Waals surface area contributed by atoms with Crippen molar-refractivity contribution in [2.45, 2.75) is 43.9 Å². The number of rotatable bonds is 10. The number of carbonyl (C=O) groups excluding carboxylic acids is 2. The second kappa shape index (κ2) is 12.3. The number of carbonyl (C=O) groups is 2. The van der Waals surface area contributed by atoms with E-state index in [1.54, 1.807) is 24.3 Å². The molecule has 10 heteroatoms. The van der Waals surface area contributed by atoms with E-state index in [2.05, 4.69) is 27.4 Å². The van der Waals surface area contributed by atoms with Crippen molar-refractivity contribution in [2.75, 3.05) is 11.1 Å². The zero-order valence-corrected chi connectivity index (χ0v) is 23.0. The van der Waals surface area contributed by atoms with Crippen molar-refractivity contribution in [1.82, 2.24) is 20.1 Å². The third-order valence-electron chi connectivity index (χ3n) is 6.45. The Morgan fingerprint density at radius 1 is 1.08 bits per heavy atom. The van der Waals surface area contributed by atoms with Gasteiger partial charge in [0.1, 0.15) is 10.8 Å². The van der Waals surface area contributed by atoms with E-state index in [1.807, 2.05) is 41.0 Å². The van der Waals surface area contributed by atoms with E-state index in [0.717, 1.165) is 36.8 Å². The number of anilines is 1. The van der Waals surface area contributed by atoms with Gasteiger partial charge in [0.15, 0.2) is 11.0 Å². The van der Waals surface area contributed by atoms with Crippen molar-refractivity contribution in [1.29, 1.82) is 0 Å². The van der Waals surface area contributed by atoms with E-state index in [0.29, 0.717) is 40.2 Å². The van der Waals surface area contributed by atoms with Crippen molar-refractivity contribution in [3.05, 3.63) is 88.8 Å². The average molecular weight is 560 g/mol. The van der Waals surface area contributed by atoms with Gasteiger partial charge in [-0.1, -0.05) is 60.3 Å². The van der Waals surface area contributed by atoms with Gasteiger partial charge in [0.25, 0.3) is 5.91 Å². The van der Waals surface area contributed by atoms with Crippen molar-refractivity contribution in [3.8, 4) is 17.1 Å². The lowest BCUT2D eigenvalue weighted by Crippen LogP contribution is -2.25. The molecule has 0 saturated heterocycles. The Morgan fingerprint density at radius 2 is 1.85 bits per heavy atom. The number of hydrogen-bond donors (Lipinski definition) is 3. The number of para-hydroxylation sites is 1. The van der Waals surface area contributed by atoms with E-state index in [9.17, 15) is 14.7 Å². The van der Waals surface area contributed by atoms with Gasteiger partial charge >= 0.3 is 0 Å². The monoisotopic (exact) mass is 559 g/mol. The lowest BCUT2D eigenvalue weighted by Gasteiger charge is -2.13. The molecule has 4 aromatic rings. The molecule has 39 heavy (non-hydrogen) atoms. The zero-order valence-electron chi connectivity index (χ0n) is 21.4. The van der Waals surface area contributed by atoms with Crippen LogP contribution in [0.2, 0.25) is 0 Å². The summed E-state index contributed by atoms with van der Waals surface area (Å²) in [5, 5.41) is 26.0. The number of nitrogens with zero attached hydrogens (tertiary/aromatic N) is 3. The summed E-state index contributed by atoms with van der Waals surface area (Å²) in [6, 6.07) is 16.7. The summed E-state index contributed by atoms with van der Waals surface area (Å²) in [5.41, 5.74) is 3.21. The van der Waals surface area contributed by atoms with Crippen LogP contribution in [0.1, 0.15) is 39.2 Å². The molecule has 8 nitrogen and oxygen atoms in total. The molecule has 0 bridgehead atoms. The molecule has 0 radical (unpaired) electrons. The summed E-state index contributed by atoms with van der Waals surface area (Å²) in [6.07, 6.45) is 5.59. The molecule has 1 aliphatic rings. The molecule has 200 valence electrons. The summed E-state index contributed by atoms with van der Waals surface area (Å²) in [7, 11) is 0. The van der Waals surface area contributed by atoms with Gasteiger partial charge in [-0.3, -0.25) is 14.2 Å². The average Bonchev–Trinajstić information content (AvgIpc) is 3.52. The third-order valence-corrected chi connectivity index (χ3v) is 8.63. The van der Waals surface area contributed by atoms with E-state index < -0.39 is 0 Å². The molecule has 2 aromatic carbocycles. The van der Waals surface area contributed by atoms with Crippen LogP contribution in [0.15, 0.2) is 72.4 Å². The van der Waals surface area contributed by atoms with Gasteiger partial charge in [0.2, 0.25) is 5.91 Å². The number of thiophene rings is 1. The van der Waals surface area contributed by atoms with Crippen LogP contribution >= 0.6 is 23.1 Å². The van der Waals surface area contributed by atoms with Crippen LogP contribution in [0.5, 0.6) is 5.75 Å². The largest absolute Gasteiger partial charge is 0.507 e. The summed E-state index contributed by atoms with van der Waals surface area (Å²) in [5.74, 6) is 0.291. The lowest BCUT2D eigenvalue weighted by atomic mass is 9.95. The van der Waals surface area contributed by atoms with Crippen molar-refractivity contribution in [3.63, 3.8) is 0 Å². The van der Waals surface area contributed by atoms with Gasteiger partial charge < -0.3 is 15.7 Å². The highest BCUT2D eigenvalue weighted by Crippen LogP contribution is 2.38. The first-order valence-corrected chi connectivity index (χ1v) is 14.6. The first kappa shape index (κ1) is 26.7. The number of phenolic OH excluding ortho intramolecular Hbond substituents is 1. The number of thioether (sulfide) groups is 1. The highest BCUT2D eigenvalue weighted by atomic mass is 32.2. The number of aromatic hydroxyl groups is 1. The van der Waals surface area contributed by atoms with Gasteiger partial charge in [0.05, 0.1) is 16.9 Å². The highest BCUT2D eigenvalue weighted by molar-refractivity contribution is 7.99. The molecule has 5 rings (SSSR count). The number of benzene rings is 2. The molecule has 3 N–H and O–H groups in total. The number of phenols is 1. The predicted octanol–water partition coefficient (Wildman–Crippen LogP) is 5.44. The number of fused-ring (bicyclic) bond motifs is 1. The van der Waals surface area contributed by atoms with Gasteiger partial charge in [-0.2, -0.15) is 0 Å². The third kappa shape index (κ3) is 6.07. The van der Waals surface area contributed by atoms with E-state index in [4.69, 9.17) is 0 Å². The fourth-order valence-electron chi connectivity index (χ4n) is 4.60. The number of nitrogens with one attached hydrogen (secondary N) is 2. The molecule has 0 unspecified atom stereocenters. The second-order valence-corrected chi connectivity index (χ2v) is 11.2. The van der Waals surface area contributed by atoms with Crippen molar-refractivity contribution >= 4 is 39.9 Å². The fraction of sp³-hybridized carbons (Fsp3) is 0.241. The van der Waals surface area contributed by atoms with Crippen LogP contribution in [-0.2, 0) is 30.7 Å². The van der Waals surface area contributed by atoms with Crippen LogP contribution < -0.4 is 10.6 Å². The normalized spacial score (nSPS) is 12.5. The second-order valence-electron chi connectivity index (χ2n) is 9.14. The van der Waals surface area contributed by atoms with Crippen molar-refractivity contribution in [2.24, 2.45) is 0 Å². The quantitative estimate of drug-likeness (QED) is 0.176. The Hall–Kier alpha value is -3.89. The standard InChI is InChI=1S/C29H29N5O3S2/c1-2-16-34-26(20-12-6-8-14-22(20)35)32-33-29(34)38-18-24(36)31-28-25(21-13-7-9-15-23(21)39-28)27(37)30-17-19-10-4-3-5-11-19/h2-6,8,10-12,14,35H,1,7,9,13,15-18H2,(H,30,37)(H,31,36). The molecular formula is C29H29N5O3S2. The first-order valence-electron chi connectivity index (χ1n) is 12.8. The van der Waals surface area contributed by atoms with E-state index in [1.165, 1.54) is 28.0 Å². The number of allylic oxidation sites excluding steroid dienone is 1. The summed E-state index contributed by atoms with van der Waals surface area (Å²) >= 11 is 2.74. The summed E-state index contributed by atoms with van der Waals surface area (Å²) in [6.45, 7) is 4.66. The summed E-state index contributed by atoms with van der Waals surface area (Å²) < 4.78 is 1.81. The molecule has 0 atom stereocenters. The smallest absolute Gasteiger partial charge is 0.254 e. The van der Waals surface area contributed by atoms with Gasteiger partial charge in [0, 0.05) is 18.0 Å². The molecule has 2 amide bonds. The molecule has 2 heterocycles. The van der Waals surface area contributed by atoms with Gasteiger partial charge in [-0.05, 0) is 48.9 Å². The van der Waals surface area contributed by atoms with Crippen LogP contribution in [-0.4, -0.2) is 37.4 Å². The Morgan fingerprint density at radius 3 is 2.64 bits per heavy atom. The van der Waals surface area contributed by atoms with Crippen molar-refractivity contribution < 1.29 is 14.7 Å². The Balaban J connectivity index is 1.31. The Bertz CT molecular complexity index is 1500. The van der Waals surface area contributed by atoms with Crippen LogP contribution in [0.3, 0.4) is 0 Å². The lowest BCUT2D eigenvalue weighted by molar-refractivity contribution is -0.113. The summed E-state index contributed by atoms with van der Waals surface area (Å²) in [4.78, 5) is 27.6. The van der Waals surface area contributed by atoms with Crippen LogP contribution in [0, 0.1) is 0 Å². The topological polar surface area (TPSA) is 109 Å². The predicted molar refractivity (Wildman–Crippen MR) is 155 cm³/mol. The molecule has 0 spiro atoms. The maximum atomic E-state index is 13.3. The number of hydrogen-bond acceptors (Lipinski definition) is 7. The minimum Gasteiger partial charge on any atom is -0.507 e. The Labute approximate surface area is 235 Å². The van der Waals surface area contributed by atoms with E-state index >= 15 is 0 Å². The van der Waals surface area contributed by atoms with E-state index in [-0.39, 0.29) is 23.3 Å². The molecule has 2 aromatic heterocycles. The number of amides is 2. The maximum Gasteiger partial charge on any atom is 0.254 e. The molecular weight excluding hydrogens is 530 g/mol. The van der Waals surface area contributed by atoms with Gasteiger partial charge in [-0.15, -0.1) is 28.1 Å². The minimum atomic E-state index is -0.229. The zero-order chi connectivity index (χ0) is 27.2.